The van der Waals surface area contributed by atoms with Gasteiger partial charge in [0.2, 0.25) is 5.91 Å². The highest BCUT2D eigenvalue weighted by molar-refractivity contribution is 5.94. The van der Waals surface area contributed by atoms with Gasteiger partial charge in [0.25, 0.3) is 5.91 Å². The van der Waals surface area contributed by atoms with Gasteiger partial charge in [0, 0.05) is 38.3 Å². The minimum atomic E-state index is 0.00268. The largest absolute Gasteiger partial charge is 0.397 e. The number of piperidine rings is 1. The van der Waals surface area contributed by atoms with Crippen LogP contribution in [0.5, 0.6) is 0 Å². The summed E-state index contributed by atoms with van der Waals surface area (Å²) in [4.78, 5) is 26.2. The van der Waals surface area contributed by atoms with Crippen molar-refractivity contribution in [2.24, 2.45) is 5.92 Å². The normalized spacial score (nSPS) is 16.0. The second-order valence-electron chi connectivity index (χ2n) is 5.41. The molecule has 0 aromatic carbocycles. The SMILES string of the molecule is CCNC(=O)C1CCN(C(=O)c2cc(N)cn2CC)CC1. The van der Waals surface area contributed by atoms with Crippen molar-refractivity contribution in [1.82, 2.24) is 14.8 Å². The standard InChI is InChI=1S/C15H24N4O2/c1-3-17-14(20)11-5-7-19(8-6-11)15(21)13-9-12(16)10-18(13)4-2/h9-11H,3-8,16H2,1-2H3,(H,17,20). The fourth-order valence-corrected chi connectivity index (χ4v) is 2.80. The Hall–Kier alpha value is -1.98. The van der Waals surface area contributed by atoms with Crippen molar-refractivity contribution in [3.05, 3.63) is 18.0 Å². The number of hydrogen-bond donors (Lipinski definition) is 2. The lowest BCUT2D eigenvalue weighted by molar-refractivity contribution is -0.126. The van der Waals surface area contributed by atoms with E-state index in [1.165, 1.54) is 0 Å². The molecule has 6 nitrogen and oxygen atoms in total. The van der Waals surface area contributed by atoms with Gasteiger partial charge >= 0.3 is 0 Å². The van der Waals surface area contributed by atoms with Gasteiger partial charge in [0.05, 0.1) is 5.69 Å². The highest BCUT2D eigenvalue weighted by atomic mass is 16.2. The van der Waals surface area contributed by atoms with E-state index in [-0.39, 0.29) is 17.7 Å². The maximum Gasteiger partial charge on any atom is 0.270 e. The zero-order valence-electron chi connectivity index (χ0n) is 12.8. The van der Waals surface area contributed by atoms with E-state index in [0.717, 1.165) is 12.8 Å². The van der Waals surface area contributed by atoms with Crippen molar-refractivity contribution >= 4 is 17.5 Å². The molecular formula is C15H24N4O2. The van der Waals surface area contributed by atoms with E-state index in [4.69, 9.17) is 5.73 Å². The number of hydrogen-bond acceptors (Lipinski definition) is 3. The van der Waals surface area contributed by atoms with E-state index in [0.29, 0.717) is 37.6 Å². The average Bonchev–Trinajstić information content (AvgIpc) is 2.88. The van der Waals surface area contributed by atoms with Gasteiger partial charge in [-0.15, -0.1) is 0 Å². The van der Waals surface area contributed by atoms with Crippen LogP contribution in [0.2, 0.25) is 0 Å². The summed E-state index contributed by atoms with van der Waals surface area (Å²) in [5, 5.41) is 2.85. The molecule has 0 aliphatic carbocycles. The maximum atomic E-state index is 12.5. The third-order valence-electron chi connectivity index (χ3n) is 3.98. The Kier molecular flexibility index (Phi) is 4.88. The van der Waals surface area contributed by atoms with Gasteiger partial charge in [-0.05, 0) is 32.8 Å². The van der Waals surface area contributed by atoms with Crippen LogP contribution >= 0.6 is 0 Å². The first kappa shape index (κ1) is 15.4. The summed E-state index contributed by atoms with van der Waals surface area (Å²) in [6.45, 7) is 6.51. The van der Waals surface area contributed by atoms with Crippen LogP contribution in [-0.2, 0) is 11.3 Å². The molecule has 2 amide bonds. The summed E-state index contributed by atoms with van der Waals surface area (Å²) >= 11 is 0. The molecule has 1 fully saturated rings. The first-order chi connectivity index (χ1) is 10.1. The minimum absolute atomic E-state index is 0.00268. The lowest BCUT2D eigenvalue weighted by Gasteiger charge is -2.31. The number of aromatic nitrogens is 1. The summed E-state index contributed by atoms with van der Waals surface area (Å²) in [5.74, 6) is 0.130. The Morgan fingerprint density at radius 1 is 1.33 bits per heavy atom. The number of carbonyl (C=O) groups excluding carboxylic acids is 2. The predicted molar refractivity (Wildman–Crippen MR) is 81.8 cm³/mol. The van der Waals surface area contributed by atoms with Crippen molar-refractivity contribution in [2.45, 2.75) is 33.2 Å². The lowest BCUT2D eigenvalue weighted by atomic mass is 9.95. The van der Waals surface area contributed by atoms with E-state index < -0.39 is 0 Å². The van der Waals surface area contributed by atoms with E-state index in [1.807, 2.05) is 23.3 Å². The number of aryl methyl sites for hydroxylation is 1. The lowest BCUT2D eigenvalue weighted by Crippen LogP contribution is -2.43. The highest BCUT2D eigenvalue weighted by Crippen LogP contribution is 2.20. The molecule has 0 atom stereocenters. The van der Waals surface area contributed by atoms with Crippen LogP contribution in [0.1, 0.15) is 37.2 Å². The molecule has 0 unspecified atom stereocenters. The summed E-state index contributed by atoms with van der Waals surface area (Å²) in [6, 6.07) is 1.72. The molecule has 1 aromatic heterocycles. The smallest absolute Gasteiger partial charge is 0.270 e. The Balaban J connectivity index is 1.98. The molecule has 1 aromatic rings. The number of carbonyl (C=O) groups is 2. The van der Waals surface area contributed by atoms with Crippen LogP contribution in [-0.4, -0.2) is 40.9 Å². The van der Waals surface area contributed by atoms with Gasteiger partial charge in [-0.25, -0.2) is 0 Å². The zero-order valence-corrected chi connectivity index (χ0v) is 12.8. The Labute approximate surface area is 125 Å². The van der Waals surface area contributed by atoms with Crippen LogP contribution in [0.15, 0.2) is 12.3 Å². The first-order valence-electron chi connectivity index (χ1n) is 7.59. The molecule has 0 spiro atoms. The highest BCUT2D eigenvalue weighted by Gasteiger charge is 2.28. The van der Waals surface area contributed by atoms with Crippen LogP contribution < -0.4 is 11.1 Å². The van der Waals surface area contributed by atoms with Crippen LogP contribution in [0.3, 0.4) is 0 Å². The molecule has 6 heteroatoms. The topological polar surface area (TPSA) is 80.4 Å². The van der Waals surface area contributed by atoms with Crippen molar-refractivity contribution in [1.29, 1.82) is 0 Å². The number of anilines is 1. The molecule has 0 bridgehead atoms. The van der Waals surface area contributed by atoms with Gasteiger partial charge in [-0.1, -0.05) is 0 Å². The molecule has 21 heavy (non-hydrogen) atoms. The number of nitrogens with zero attached hydrogens (tertiary/aromatic N) is 2. The number of amides is 2. The fourth-order valence-electron chi connectivity index (χ4n) is 2.80. The van der Waals surface area contributed by atoms with Crippen LogP contribution in [0, 0.1) is 5.92 Å². The van der Waals surface area contributed by atoms with E-state index >= 15 is 0 Å². The van der Waals surface area contributed by atoms with Gasteiger partial charge in [0.1, 0.15) is 5.69 Å². The molecule has 1 aliphatic rings. The van der Waals surface area contributed by atoms with Crippen LogP contribution in [0.4, 0.5) is 5.69 Å². The molecule has 3 N–H and O–H groups in total. The average molecular weight is 292 g/mol. The maximum absolute atomic E-state index is 12.5. The molecular weight excluding hydrogens is 268 g/mol. The van der Waals surface area contributed by atoms with E-state index in [2.05, 4.69) is 5.32 Å². The third kappa shape index (κ3) is 3.37. The van der Waals surface area contributed by atoms with Gasteiger partial charge in [-0.2, -0.15) is 0 Å². The van der Waals surface area contributed by atoms with Gasteiger partial charge in [-0.3, -0.25) is 9.59 Å². The Morgan fingerprint density at radius 2 is 2.00 bits per heavy atom. The molecule has 1 aliphatic heterocycles. The quantitative estimate of drug-likeness (QED) is 0.871. The van der Waals surface area contributed by atoms with Crippen molar-refractivity contribution in [2.75, 3.05) is 25.4 Å². The number of nitrogen functional groups attached to an aromatic ring is 1. The number of nitrogens with one attached hydrogen (secondary N) is 1. The fraction of sp³-hybridized carbons (Fsp3) is 0.600. The summed E-state index contributed by atoms with van der Waals surface area (Å²) in [6.07, 6.45) is 3.23. The molecule has 116 valence electrons. The summed E-state index contributed by atoms with van der Waals surface area (Å²) in [7, 11) is 0. The number of likely N-dealkylation sites (tertiary alicyclic amines) is 1. The monoisotopic (exact) mass is 292 g/mol. The predicted octanol–water partition coefficient (Wildman–Crippen LogP) is 1.08. The number of rotatable bonds is 4. The molecule has 1 saturated heterocycles. The Bertz CT molecular complexity index is 516. The molecule has 0 saturated carbocycles. The van der Waals surface area contributed by atoms with Crippen LogP contribution in [0.25, 0.3) is 0 Å². The van der Waals surface area contributed by atoms with Crippen molar-refractivity contribution in [3.8, 4) is 0 Å². The first-order valence-corrected chi connectivity index (χ1v) is 7.59. The van der Waals surface area contributed by atoms with E-state index in [9.17, 15) is 9.59 Å². The summed E-state index contributed by atoms with van der Waals surface area (Å²) < 4.78 is 1.87. The van der Waals surface area contributed by atoms with Crippen molar-refractivity contribution in [3.63, 3.8) is 0 Å². The third-order valence-corrected chi connectivity index (χ3v) is 3.98. The molecule has 2 heterocycles. The Morgan fingerprint density at radius 3 is 2.57 bits per heavy atom. The summed E-state index contributed by atoms with van der Waals surface area (Å²) in [5.41, 5.74) is 7.01. The second kappa shape index (κ2) is 6.65. The number of nitrogens with two attached hydrogens (primary N) is 1. The van der Waals surface area contributed by atoms with Gasteiger partial charge < -0.3 is 20.5 Å². The van der Waals surface area contributed by atoms with Crippen molar-refractivity contribution < 1.29 is 9.59 Å². The molecule has 0 radical (unpaired) electrons. The minimum Gasteiger partial charge on any atom is -0.397 e. The molecule has 2 rings (SSSR count). The second-order valence-corrected chi connectivity index (χ2v) is 5.41. The van der Waals surface area contributed by atoms with Gasteiger partial charge in [0.15, 0.2) is 0 Å². The van der Waals surface area contributed by atoms with E-state index in [1.54, 1.807) is 12.3 Å². The zero-order chi connectivity index (χ0) is 15.4.